The molecule has 1 aromatic carbocycles. The number of aromatic nitrogens is 1. The van der Waals surface area contributed by atoms with E-state index in [0.717, 1.165) is 5.39 Å². The fourth-order valence-electron chi connectivity index (χ4n) is 1.36. The summed E-state index contributed by atoms with van der Waals surface area (Å²) in [4.78, 5) is 0. The minimum Gasteiger partial charge on any atom is -0.473 e. The lowest BCUT2D eigenvalue weighted by molar-refractivity contribution is 0.240. The molecule has 5 heteroatoms. The van der Waals surface area contributed by atoms with Crippen molar-refractivity contribution in [2.24, 2.45) is 11.7 Å². The van der Waals surface area contributed by atoms with E-state index in [-0.39, 0.29) is 6.04 Å². The Bertz CT molecular complexity index is 510. The smallest absolute Gasteiger partial charge is 0.262 e. The fourth-order valence-corrected chi connectivity index (χ4v) is 1.53. The van der Waals surface area contributed by atoms with Crippen molar-refractivity contribution in [1.29, 1.82) is 0 Å². The summed E-state index contributed by atoms with van der Waals surface area (Å²) in [5.41, 5.74) is 6.55. The molecule has 4 nitrogen and oxygen atoms in total. The van der Waals surface area contributed by atoms with Crippen LogP contribution in [0.4, 0.5) is 0 Å². The van der Waals surface area contributed by atoms with Crippen molar-refractivity contribution in [3.8, 4) is 5.88 Å². The Morgan fingerprint density at radius 3 is 2.94 bits per heavy atom. The molecule has 0 amide bonds. The van der Waals surface area contributed by atoms with E-state index < -0.39 is 0 Å². The zero-order valence-electron chi connectivity index (χ0n) is 9.81. The first kappa shape index (κ1) is 12.2. The molecule has 1 unspecified atom stereocenters. The molecule has 0 aliphatic rings. The number of hydrogen-bond donors (Lipinski definition) is 1. The van der Waals surface area contributed by atoms with Gasteiger partial charge in [0, 0.05) is 11.1 Å². The maximum atomic E-state index is 5.91. The van der Waals surface area contributed by atoms with Crippen molar-refractivity contribution in [2.45, 2.75) is 19.9 Å². The summed E-state index contributed by atoms with van der Waals surface area (Å²) < 4.78 is 10.7. The van der Waals surface area contributed by atoms with E-state index in [4.69, 9.17) is 26.6 Å². The normalized spacial score (nSPS) is 13.2. The highest BCUT2D eigenvalue weighted by atomic mass is 35.5. The van der Waals surface area contributed by atoms with E-state index >= 15 is 0 Å². The van der Waals surface area contributed by atoms with Crippen LogP contribution in [0.2, 0.25) is 5.02 Å². The highest BCUT2D eigenvalue weighted by molar-refractivity contribution is 6.31. The van der Waals surface area contributed by atoms with Gasteiger partial charge in [0.25, 0.3) is 5.88 Å². The van der Waals surface area contributed by atoms with Crippen molar-refractivity contribution >= 4 is 22.6 Å². The van der Waals surface area contributed by atoms with Gasteiger partial charge in [0.2, 0.25) is 0 Å². The van der Waals surface area contributed by atoms with Crippen LogP contribution in [0.15, 0.2) is 22.7 Å². The van der Waals surface area contributed by atoms with E-state index in [1.165, 1.54) is 0 Å². The molecular formula is C12H15ClN2O2. The van der Waals surface area contributed by atoms with Crippen LogP contribution in [0, 0.1) is 5.92 Å². The van der Waals surface area contributed by atoms with Gasteiger partial charge < -0.3 is 15.0 Å². The van der Waals surface area contributed by atoms with Gasteiger partial charge in [0.1, 0.15) is 6.61 Å². The Labute approximate surface area is 105 Å². The lowest BCUT2D eigenvalue weighted by Crippen LogP contribution is -2.33. The average Bonchev–Trinajstić information content (AvgIpc) is 2.68. The molecule has 17 heavy (non-hydrogen) atoms. The summed E-state index contributed by atoms with van der Waals surface area (Å²) in [7, 11) is 0. The van der Waals surface area contributed by atoms with Crippen molar-refractivity contribution in [1.82, 2.24) is 5.16 Å². The van der Waals surface area contributed by atoms with Gasteiger partial charge in [0.15, 0.2) is 5.58 Å². The summed E-state index contributed by atoms with van der Waals surface area (Å²) in [6, 6.07) is 5.25. The molecule has 0 spiro atoms. The molecule has 2 N–H and O–H groups in total. The number of halogens is 1. The molecule has 2 aromatic rings. The number of rotatable bonds is 4. The molecule has 0 bridgehead atoms. The summed E-state index contributed by atoms with van der Waals surface area (Å²) >= 11 is 5.91. The molecule has 92 valence electrons. The lowest BCUT2D eigenvalue weighted by Gasteiger charge is -2.14. The number of nitrogens with two attached hydrogens (primary N) is 1. The zero-order chi connectivity index (χ0) is 12.4. The molecule has 1 heterocycles. The predicted molar refractivity (Wildman–Crippen MR) is 67.3 cm³/mol. The van der Waals surface area contributed by atoms with Gasteiger partial charge in [-0.25, -0.2) is 0 Å². The monoisotopic (exact) mass is 254 g/mol. The van der Waals surface area contributed by atoms with Crippen LogP contribution in [0.25, 0.3) is 11.0 Å². The average molecular weight is 255 g/mol. The molecule has 0 saturated carbocycles. The van der Waals surface area contributed by atoms with Crippen LogP contribution in [0.5, 0.6) is 5.88 Å². The van der Waals surface area contributed by atoms with Gasteiger partial charge in [-0.05, 0) is 29.3 Å². The van der Waals surface area contributed by atoms with Gasteiger partial charge in [-0.1, -0.05) is 25.4 Å². The second-order valence-electron chi connectivity index (χ2n) is 4.35. The number of hydrogen-bond acceptors (Lipinski definition) is 4. The maximum absolute atomic E-state index is 5.91. The molecule has 0 fully saturated rings. The molecule has 1 atom stereocenters. The van der Waals surface area contributed by atoms with Crippen LogP contribution in [0.3, 0.4) is 0 Å². The first-order valence-electron chi connectivity index (χ1n) is 5.51. The molecule has 0 radical (unpaired) electrons. The first-order valence-corrected chi connectivity index (χ1v) is 5.89. The highest BCUT2D eigenvalue weighted by Gasteiger charge is 2.13. The third-order valence-corrected chi connectivity index (χ3v) is 2.90. The first-order chi connectivity index (χ1) is 8.08. The molecule has 0 saturated heterocycles. The number of benzene rings is 1. The van der Waals surface area contributed by atoms with Gasteiger partial charge in [-0.2, -0.15) is 0 Å². The topological polar surface area (TPSA) is 61.3 Å². The zero-order valence-corrected chi connectivity index (χ0v) is 10.6. The third kappa shape index (κ3) is 2.70. The maximum Gasteiger partial charge on any atom is 0.262 e. The van der Waals surface area contributed by atoms with Crippen molar-refractivity contribution in [3.05, 3.63) is 23.2 Å². The van der Waals surface area contributed by atoms with Crippen LogP contribution in [0.1, 0.15) is 13.8 Å². The second-order valence-corrected chi connectivity index (χ2v) is 4.78. The minimum absolute atomic E-state index is 0.0269. The van der Waals surface area contributed by atoms with Crippen molar-refractivity contribution in [2.75, 3.05) is 6.61 Å². The molecule has 0 aliphatic carbocycles. The van der Waals surface area contributed by atoms with Crippen LogP contribution in [-0.2, 0) is 0 Å². The number of ether oxygens (including phenoxy) is 1. The lowest BCUT2D eigenvalue weighted by atomic mass is 10.1. The van der Waals surface area contributed by atoms with E-state index in [2.05, 4.69) is 5.16 Å². The summed E-state index contributed by atoms with van der Waals surface area (Å²) in [6.45, 7) is 4.50. The van der Waals surface area contributed by atoms with Gasteiger partial charge in [0.05, 0.1) is 5.39 Å². The largest absolute Gasteiger partial charge is 0.473 e. The second kappa shape index (κ2) is 4.94. The fraction of sp³-hybridized carbons (Fsp3) is 0.417. The third-order valence-electron chi connectivity index (χ3n) is 2.67. The van der Waals surface area contributed by atoms with E-state index in [1.54, 1.807) is 18.2 Å². The highest BCUT2D eigenvalue weighted by Crippen LogP contribution is 2.27. The van der Waals surface area contributed by atoms with Crippen LogP contribution < -0.4 is 10.5 Å². The SMILES string of the molecule is CC(C)C(N)COc1noc2ccc(Cl)cc12. The summed E-state index contributed by atoms with van der Waals surface area (Å²) in [5.74, 6) is 0.801. The van der Waals surface area contributed by atoms with Crippen molar-refractivity contribution < 1.29 is 9.26 Å². The van der Waals surface area contributed by atoms with E-state index in [1.807, 2.05) is 13.8 Å². The van der Waals surface area contributed by atoms with Crippen LogP contribution >= 0.6 is 11.6 Å². The van der Waals surface area contributed by atoms with E-state index in [0.29, 0.717) is 29.0 Å². The summed E-state index contributed by atoms with van der Waals surface area (Å²) in [6.07, 6.45) is 0. The molecular weight excluding hydrogens is 240 g/mol. The number of nitrogens with zero attached hydrogens (tertiary/aromatic N) is 1. The van der Waals surface area contributed by atoms with Crippen molar-refractivity contribution in [3.63, 3.8) is 0 Å². The Morgan fingerprint density at radius 1 is 1.47 bits per heavy atom. The standard InChI is InChI=1S/C12H15ClN2O2/c1-7(2)10(14)6-16-12-9-5-8(13)3-4-11(9)17-15-12/h3-5,7,10H,6,14H2,1-2H3. The predicted octanol–water partition coefficient (Wildman–Crippen LogP) is 2.84. The molecule has 1 aromatic heterocycles. The minimum atomic E-state index is -0.0269. The van der Waals surface area contributed by atoms with Gasteiger partial charge >= 0.3 is 0 Å². The van der Waals surface area contributed by atoms with Gasteiger partial charge in [-0.3, -0.25) is 0 Å². The van der Waals surface area contributed by atoms with Crippen LogP contribution in [-0.4, -0.2) is 17.8 Å². The van der Waals surface area contributed by atoms with E-state index in [9.17, 15) is 0 Å². The Morgan fingerprint density at radius 2 is 2.24 bits per heavy atom. The Balaban J connectivity index is 2.16. The quantitative estimate of drug-likeness (QED) is 0.911. The summed E-state index contributed by atoms with van der Waals surface area (Å²) in [5, 5.41) is 5.25. The Hall–Kier alpha value is -1.26. The Kier molecular flexibility index (Phi) is 3.54. The number of fused-ring (bicyclic) bond motifs is 1. The van der Waals surface area contributed by atoms with Gasteiger partial charge in [-0.15, -0.1) is 0 Å². The molecule has 0 aliphatic heterocycles. The molecule has 2 rings (SSSR count).